The Labute approximate surface area is 183 Å². The fraction of sp³-hybridized carbons (Fsp3) is 0.579. The number of hydrogen-bond acceptors (Lipinski definition) is 5. The molecule has 2 fully saturated rings. The molecule has 2 aromatic heterocycles. The highest BCUT2D eigenvalue weighted by Crippen LogP contribution is 2.42. The number of aryl methyl sites for hydroxylation is 2. The Balaban J connectivity index is 1.45. The SMILES string of the molecule is CCn1nc(C)c(Br)c1C(=O)N1CCC2(CCN(S(=O)(=O)c3cccs3)CC2)C1. The first kappa shape index (κ1) is 21.0. The van der Waals surface area contributed by atoms with Crippen molar-refractivity contribution in [2.45, 2.75) is 43.9 Å². The van der Waals surface area contributed by atoms with E-state index in [1.807, 2.05) is 18.7 Å². The highest BCUT2D eigenvalue weighted by atomic mass is 79.9. The molecular weight excluding hydrogens is 476 g/mol. The number of hydrogen-bond donors (Lipinski definition) is 0. The third-order valence-electron chi connectivity index (χ3n) is 6.15. The van der Waals surface area contributed by atoms with Gasteiger partial charge in [0.05, 0.1) is 10.2 Å². The largest absolute Gasteiger partial charge is 0.337 e. The van der Waals surface area contributed by atoms with Crippen molar-refractivity contribution in [2.24, 2.45) is 5.41 Å². The summed E-state index contributed by atoms with van der Waals surface area (Å²) in [5.41, 5.74) is 1.44. The molecule has 7 nitrogen and oxygen atoms in total. The average molecular weight is 501 g/mol. The van der Waals surface area contributed by atoms with Crippen LogP contribution in [0.3, 0.4) is 0 Å². The van der Waals surface area contributed by atoms with E-state index in [1.54, 1.807) is 26.5 Å². The summed E-state index contributed by atoms with van der Waals surface area (Å²) < 4.78 is 30.1. The van der Waals surface area contributed by atoms with E-state index in [1.165, 1.54) is 11.3 Å². The number of thiophene rings is 1. The van der Waals surface area contributed by atoms with Crippen LogP contribution in [0.1, 0.15) is 42.4 Å². The summed E-state index contributed by atoms with van der Waals surface area (Å²) in [6, 6.07) is 3.43. The molecular formula is C19H25BrN4O3S2. The molecule has 0 aliphatic carbocycles. The molecule has 0 bridgehead atoms. The molecule has 0 atom stereocenters. The predicted molar refractivity (Wildman–Crippen MR) is 116 cm³/mol. The number of piperidine rings is 1. The summed E-state index contributed by atoms with van der Waals surface area (Å²) >= 11 is 4.78. The number of amides is 1. The van der Waals surface area contributed by atoms with E-state index in [4.69, 9.17) is 0 Å². The first-order chi connectivity index (χ1) is 13.8. The van der Waals surface area contributed by atoms with Crippen molar-refractivity contribution in [3.8, 4) is 0 Å². The van der Waals surface area contributed by atoms with Gasteiger partial charge in [0.15, 0.2) is 0 Å². The van der Waals surface area contributed by atoms with Gasteiger partial charge in [-0.2, -0.15) is 9.40 Å². The van der Waals surface area contributed by atoms with E-state index in [0.29, 0.717) is 42.6 Å². The molecule has 0 saturated carbocycles. The Morgan fingerprint density at radius 2 is 1.97 bits per heavy atom. The number of sulfonamides is 1. The van der Waals surface area contributed by atoms with E-state index in [9.17, 15) is 13.2 Å². The van der Waals surface area contributed by atoms with Gasteiger partial charge >= 0.3 is 0 Å². The first-order valence-electron chi connectivity index (χ1n) is 9.83. The van der Waals surface area contributed by atoms with Gasteiger partial charge in [0.2, 0.25) is 0 Å². The second-order valence-corrected chi connectivity index (χ2v) is 11.8. The van der Waals surface area contributed by atoms with Crippen molar-refractivity contribution in [2.75, 3.05) is 26.2 Å². The Morgan fingerprint density at radius 1 is 1.28 bits per heavy atom. The van der Waals surface area contributed by atoms with Crippen molar-refractivity contribution in [1.29, 1.82) is 0 Å². The molecule has 2 aromatic rings. The van der Waals surface area contributed by atoms with Gasteiger partial charge in [-0.15, -0.1) is 11.3 Å². The fourth-order valence-electron chi connectivity index (χ4n) is 4.40. The number of nitrogens with zero attached hydrogens (tertiary/aromatic N) is 4. The minimum absolute atomic E-state index is 0.00448. The Bertz CT molecular complexity index is 1010. The molecule has 2 aliphatic rings. The summed E-state index contributed by atoms with van der Waals surface area (Å²) in [5, 5.41) is 6.23. The van der Waals surface area contributed by atoms with Crippen LogP contribution in [-0.2, 0) is 16.6 Å². The van der Waals surface area contributed by atoms with E-state index in [0.717, 1.165) is 29.4 Å². The molecule has 0 unspecified atom stereocenters. The topological polar surface area (TPSA) is 75.5 Å². The van der Waals surface area contributed by atoms with Gasteiger partial charge in [0.1, 0.15) is 9.90 Å². The van der Waals surface area contributed by atoms with E-state index >= 15 is 0 Å². The van der Waals surface area contributed by atoms with Crippen molar-refractivity contribution >= 4 is 43.2 Å². The second-order valence-electron chi connectivity index (χ2n) is 7.88. The number of carbonyl (C=O) groups is 1. The van der Waals surface area contributed by atoms with Crippen LogP contribution >= 0.6 is 27.3 Å². The van der Waals surface area contributed by atoms with Gasteiger partial charge in [0.25, 0.3) is 15.9 Å². The monoisotopic (exact) mass is 500 g/mol. The lowest BCUT2D eigenvalue weighted by molar-refractivity contribution is 0.0737. The first-order valence-corrected chi connectivity index (χ1v) is 12.9. The van der Waals surface area contributed by atoms with Gasteiger partial charge in [-0.05, 0) is 65.9 Å². The second kappa shape index (κ2) is 7.79. The van der Waals surface area contributed by atoms with Crippen LogP contribution < -0.4 is 0 Å². The summed E-state index contributed by atoms with van der Waals surface area (Å²) in [6.07, 6.45) is 2.49. The van der Waals surface area contributed by atoms with Crippen LogP contribution in [0.4, 0.5) is 0 Å². The lowest BCUT2D eigenvalue weighted by Crippen LogP contribution is -2.44. The van der Waals surface area contributed by atoms with Crippen molar-refractivity contribution < 1.29 is 13.2 Å². The molecule has 29 heavy (non-hydrogen) atoms. The predicted octanol–water partition coefficient (Wildman–Crippen LogP) is 3.35. The van der Waals surface area contributed by atoms with Gasteiger partial charge in [-0.25, -0.2) is 8.42 Å². The van der Waals surface area contributed by atoms with Crippen molar-refractivity contribution in [3.63, 3.8) is 0 Å². The Kier molecular flexibility index (Phi) is 5.65. The molecule has 158 valence electrons. The van der Waals surface area contributed by atoms with Crippen LogP contribution in [0.2, 0.25) is 0 Å². The number of halogens is 1. The van der Waals surface area contributed by atoms with Crippen LogP contribution in [-0.4, -0.2) is 59.5 Å². The standard InChI is InChI=1S/C19H25BrN4O3S2/c1-3-24-17(16(20)14(2)21-24)18(25)22-9-6-19(13-22)7-10-23(11-8-19)29(26,27)15-5-4-12-28-15/h4-5,12H,3,6-11,13H2,1-2H3. The normalized spacial score (nSPS) is 19.9. The summed E-state index contributed by atoms with van der Waals surface area (Å²) in [6.45, 7) is 6.92. The molecule has 1 spiro atoms. The minimum atomic E-state index is -3.40. The quantitative estimate of drug-likeness (QED) is 0.644. The summed E-state index contributed by atoms with van der Waals surface area (Å²) in [5.74, 6) is 0.00448. The average Bonchev–Trinajstić information content (AvgIpc) is 3.43. The molecule has 0 radical (unpaired) electrons. The Morgan fingerprint density at radius 3 is 2.59 bits per heavy atom. The maximum absolute atomic E-state index is 13.2. The zero-order valence-corrected chi connectivity index (χ0v) is 19.8. The van der Waals surface area contributed by atoms with E-state index < -0.39 is 10.0 Å². The number of likely N-dealkylation sites (tertiary alicyclic amines) is 1. The molecule has 1 amide bonds. The van der Waals surface area contributed by atoms with E-state index in [2.05, 4.69) is 21.0 Å². The molecule has 0 aromatic carbocycles. The van der Waals surface area contributed by atoms with Crippen LogP contribution in [0.25, 0.3) is 0 Å². The molecule has 2 aliphatic heterocycles. The third-order valence-corrected chi connectivity index (χ3v) is 10.4. The van der Waals surface area contributed by atoms with E-state index in [-0.39, 0.29) is 11.3 Å². The fourth-order valence-corrected chi connectivity index (χ4v) is 7.44. The maximum Gasteiger partial charge on any atom is 0.273 e. The molecule has 4 heterocycles. The zero-order valence-electron chi connectivity index (χ0n) is 16.6. The van der Waals surface area contributed by atoms with Crippen molar-refractivity contribution in [1.82, 2.24) is 19.0 Å². The van der Waals surface area contributed by atoms with Gasteiger partial charge in [-0.3, -0.25) is 9.48 Å². The van der Waals surface area contributed by atoms with Crippen LogP contribution in [0.5, 0.6) is 0 Å². The molecule has 10 heteroatoms. The van der Waals surface area contributed by atoms with Crippen LogP contribution in [0.15, 0.2) is 26.2 Å². The van der Waals surface area contributed by atoms with Crippen LogP contribution in [0, 0.1) is 12.3 Å². The van der Waals surface area contributed by atoms with Gasteiger partial charge in [-0.1, -0.05) is 6.07 Å². The number of aromatic nitrogens is 2. The summed E-state index contributed by atoms with van der Waals surface area (Å²) in [4.78, 5) is 15.1. The molecule has 4 rings (SSSR count). The minimum Gasteiger partial charge on any atom is -0.337 e. The van der Waals surface area contributed by atoms with Gasteiger partial charge < -0.3 is 4.90 Å². The zero-order chi connectivity index (χ0) is 20.8. The Hall–Kier alpha value is -1.23. The third kappa shape index (κ3) is 3.68. The number of rotatable bonds is 4. The molecule has 2 saturated heterocycles. The lowest BCUT2D eigenvalue weighted by Gasteiger charge is -2.38. The molecule has 0 N–H and O–H groups in total. The maximum atomic E-state index is 13.2. The van der Waals surface area contributed by atoms with Crippen molar-refractivity contribution in [3.05, 3.63) is 33.4 Å². The smallest absolute Gasteiger partial charge is 0.273 e. The lowest BCUT2D eigenvalue weighted by atomic mass is 9.78. The van der Waals surface area contributed by atoms with Gasteiger partial charge in [0, 0.05) is 32.7 Å². The highest BCUT2D eigenvalue weighted by Gasteiger charge is 2.45. The summed E-state index contributed by atoms with van der Waals surface area (Å²) in [7, 11) is -3.40. The number of carbonyl (C=O) groups excluding carboxylic acids is 1. The highest BCUT2D eigenvalue weighted by molar-refractivity contribution is 9.10.